The second-order valence-corrected chi connectivity index (χ2v) is 10.6. The third-order valence-electron chi connectivity index (χ3n) is 6.26. The number of sulfonamides is 1. The summed E-state index contributed by atoms with van der Waals surface area (Å²) in [4.78, 5) is 25.3. The Balaban J connectivity index is 1.40. The molecule has 0 spiro atoms. The van der Waals surface area contributed by atoms with Crippen LogP contribution >= 0.6 is 0 Å². The molecular weight excluding hydrogens is 475 g/mol. The minimum Gasteiger partial charge on any atom is -0.468 e. The molecule has 5 rings (SSSR count). The number of ether oxygens (including phenoxy) is 1. The number of aromatic nitrogens is 3. The summed E-state index contributed by atoms with van der Waals surface area (Å²) in [6, 6.07) is 6.65. The first-order chi connectivity index (χ1) is 16.7. The van der Waals surface area contributed by atoms with Gasteiger partial charge in [0.1, 0.15) is 11.9 Å². The summed E-state index contributed by atoms with van der Waals surface area (Å²) in [6.45, 7) is 3.68. The van der Waals surface area contributed by atoms with E-state index in [4.69, 9.17) is 4.74 Å². The first-order valence-corrected chi connectivity index (χ1v) is 13.0. The molecule has 0 aliphatic carbocycles. The van der Waals surface area contributed by atoms with E-state index in [0.717, 1.165) is 5.57 Å². The zero-order chi connectivity index (χ0) is 24.7. The number of rotatable bonds is 6. The van der Waals surface area contributed by atoms with Gasteiger partial charge in [-0.25, -0.2) is 22.8 Å². The highest BCUT2D eigenvalue weighted by atomic mass is 32.2. The lowest BCUT2D eigenvalue weighted by Gasteiger charge is -2.34. The van der Waals surface area contributed by atoms with E-state index in [0.29, 0.717) is 60.7 Å². The first-order valence-electron chi connectivity index (χ1n) is 11.2. The number of fused-ring (bicyclic) bond motifs is 1. The Labute approximate surface area is 201 Å². The number of imidazole rings is 1. The van der Waals surface area contributed by atoms with E-state index in [-0.39, 0.29) is 11.8 Å². The summed E-state index contributed by atoms with van der Waals surface area (Å²) < 4.78 is 46.1. The number of hydrogen-bond donors (Lipinski definition) is 2. The van der Waals surface area contributed by atoms with Crippen LogP contribution in [0.1, 0.15) is 6.92 Å². The Morgan fingerprint density at radius 3 is 2.60 bits per heavy atom. The Hall–Kier alpha value is -3.51. The number of hydrogen-bond acceptors (Lipinski definition) is 7. The van der Waals surface area contributed by atoms with Gasteiger partial charge in [0.15, 0.2) is 5.52 Å². The highest BCUT2D eigenvalue weighted by Crippen LogP contribution is 2.31. The van der Waals surface area contributed by atoms with Crippen molar-refractivity contribution in [3.8, 4) is 17.1 Å². The third-order valence-corrected chi connectivity index (χ3v) is 7.56. The average Bonchev–Trinajstić information content (AvgIpc) is 3.47. The van der Waals surface area contributed by atoms with Gasteiger partial charge < -0.3 is 19.9 Å². The molecule has 0 saturated carbocycles. The number of benzene rings is 1. The van der Waals surface area contributed by atoms with Crippen LogP contribution in [0.15, 0.2) is 42.2 Å². The van der Waals surface area contributed by atoms with Crippen molar-refractivity contribution in [2.45, 2.75) is 13.0 Å². The van der Waals surface area contributed by atoms with Crippen LogP contribution in [-0.2, 0) is 14.8 Å². The molecule has 0 bridgehead atoms. The average molecular weight is 501 g/mol. The maximum absolute atomic E-state index is 15.2. The molecule has 2 aliphatic rings. The van der Waals surface area contributed by atoms with Gasteiger partial charge in [0, 0.05) is 44.4 Å². The number of H-pyrrole nitrogens is 1. The molecule has 1 amide bonds. The summed E-state index contributed by atoms with van der Waals surface area (Å²) in [7, 11) is -3.26. The fraction of sp³-hybridized carbons (Fsp3) is 0.348. The number of piperazine rings is 1. The first kappa shape index (κ1) is 23.2. The van der Waals surface area contributed by atoms with Gasteiger partial charge in [-0.15, -0.1) is 0 Å². The van der Waals surface area contributed by atoms with Crippen LogP contribution in [0.4, 0.5) is 10.1 Å². The molecule has 3 aromatic rings. The van der Waals surface area contributed by atoms with Gasteiger partial charge in [0.25, 0.3) is 0 Å². The van der Waals surface area contributed by atoms with Crippen LogP contribution in [-0.4, -0.2) is 78.7 Å². The summed E-state index contributed by atoms with van der Waals surface area (Å²) in [6.07, 6.45) is 3.83. The number of anilines is 1. The summed E-state index contributed by atoms with van der Waals surface area (Å²) in [5.41, 5.74) is 3.52. The number of carbonyl (C=O) groups excluding carboxylic acids is 1. The smallest absolute Gasteiger partial charge is 0.244 e. The number of aromatic amines is 1. The predicted octanol–water partition coefficient (Wildman–Crippen LogP) is 1.67. The molecule has 2 N–H and O–H groups in total. The number of carbonyl (C=O) groups is 1. The van der Waals surface area contributed by atoms with Crippen LogP contribution in [0.5, 0.6) is 5.88 Å². The Kier molecular flexibility index (Phi) is 5.93. The van der Waals surface area contributed by atoms with Crippen molar-refractivity contribution in [2.75, 3.05) is 43.9 Å². The number of nitrogens with zero attached hydrogens (tertiary/aromatic N) is 4. The highest BCUT2D eigenvalue weighted by molar-refractivity contribution is 7.88. The van der Waals surface area contributed by atoms with Crippen LogP contribution < -0.4 is 15.0 Å². The van der Waals surface area contributed by atoms with Crippen molar-refractivity contribution in [2.24, 2.45) is 0 Å². The highest BCUT2D eigenvalue weighted by Gasteiger charge is 2.25. The van der Waals surface area contributed by atoms with Crippen LogP contribution in [0, 0.1) is 5.82 Å². The molecule has 4 heterocycles. The van der Waals surface area contributed by atoms with Crippen molar-refractivity contribution in [3.05, 3.63) is 48.1 Å². The molecule has 1 fully saturated rings. The van der Waals surface area contributed by atoms with Crippen molar-refractivity contribution in [1.82, 2.24) is 24.6 Å². The van der Waals surface area contributed by atoms with E-state index in [1.165, 1.54) is 29.0 Å². The van der Waals surface area contributed by atoms with Gasteiger partial charge in [-0.1, -0.05) is 6.07 Å². The van der Waals surface area contributed by atoms with Crippen molar-refractivity contribution < 1.29 is 22.3 Å². The molecule has 0 unspecified atom stereocenters. The van der Waals surface area contributed by atoms with E-state index in [1.807, 2.05) is 11.8 Å². The molecular formula is C23H25FN6O4S. The quantitative estimate of drug-likeness (QED) is 0.528. The normalized spacial score (nSPS) is 18.0. The lowest BCUT2D eigenvalue weighted by molar-refractivity contribution is -0.115. The SMILES string of the molecule is C[C@@H](Oc1nc(-c2ccc(N3CCN(S(C)(=O)=O)CC3)c(F)c2)cc2[nH]cnc12)C1=CC(=O)NC1. The molecule has 35 heavy (non-hydrogen) atoms. The van der Waals surface area contributed by atoms with Gasteiger partial charge in [0.2, 0.25) is 21.8 Å². The fourth-order valence-electron chi connectivity index (χ4n) is 4.29. The zero-order valence-electron chi connectivity index (χ0n) is 19.3. The molecule has 12 heteroatoms. The Bertz CT molecular complexity index is 1430. The molecule has 2 aromatic heterocycles. The van der Waals surface area contributed by atoms with E-state index in [2.05, 4.69) is 20.3 Å². The molecule has 1 saturated heterocycles. The summed E-state index contributed by atoms with van der Waals surface area (Å²) >= 11 is 0. The van der Waals surface area contributed by atoms with Gasteiger partial charge in [-0.05, 0) is 30.7 Å². The van der Waals surface area contributed by atoms with Crippen molar-refractivity contribution in [1.29, 1.82) is 0 Å². The molecule has 2 aliphatic heterocycles. The Morgan fingerprint density at radius 2 is 1.94 bits per heavy atom. The van der Waals surface area contributed by atoms with Crippen molar-refractivity contribution >= 4 is 32.7 Å². The minimum absolute atomic E-state index is 0.157. The van der Waals surface area contributed by atoms with Gasteiger partial charge in [-0.3, -0.25) is 4.79 Å². The second kappa shape index (κ2) is 8.93. The molecule has 0 radical (unpaired) electrons. The lowest BCUT2D eigenvalue weighted by atomic mass is 10.1. The standard InChI is InChI=1S/C23H25FN6O4S/c1-14(16-10-21(31)25-12-16)34-23-22-19(26-13-27-22)11-18(28-23)15-3-4-20(17(24)9-15)29-5-7-30(8-6-29)35(2,32)33/h3-4,9-11,13-14H,5-8,12H2,1-2H3,(H,25,31)(H,26,27)/t14-/m1/s1. The number of pyridine rings is 1. The second-order valence-electron chi connectivity index (χ2n) is 8.62. The van der Waals surface area contributed by atoms with E-state index in [1.54, 1.807) is 18.2 Å². The molecule has 1 atom stereocenters. The van der Waals surface area contributed by atoms with Crippen LogP contribution in [0.25, 0.3) is 22.3 Å². The minimum atomic E-state index is -3.26. The fourth-order valence-corrected chi connectivity index (χ4v) is 5.12. The predicted molar refractivity (Wildman–Crippen MR) is 129 cm³/mol. The van der Waals surface area contributed by atoms with Gasteiger partial charge >= 0.3 is 0 Å². The number of amides is 1. The van der Waals surface area contributed by atoms with E-state index < -0.39 is 21.9 Å². The van der Waals surface area contributed by atoms with Crippen LogP contribution in [0.2, 0.25) is 0 Å². The molecule has 184 valence electrons. The third kappa shape index (κ3) is 4.71. The lowest BCUT2D eigenvalue weighted by Crippen LogP contribution is -2.48. The summed E-state index contributed by atoms with van der Waals surface area (Å²) in [5.74, 6) is -0.290. The zero-order valence-corrected chi connectivity index (χ0v) is 20.1. The Morgan fingerprint density at radius 1 is 1.17 bits per heavy atom. The number of halogens is 1. The van der Waals surface area contributed by atoms with Gasteiger partial charge in [0.05, 0.1) is 29.5 Å². The maximum Gasteiger partial charge on any atom is 0.244 e. The topological polar surface area (TPSA) is 121 Å². The number of nitrogens with one attached hydrogen (secondary N) is 2. The van der Waals surface area contributed by atoms with Crippen LogP contribution in [0.3, 0.4) is 0 Å². The molecule has 10 nitrogen and oxygen atoms in total. The largest absolute Gasteiger partial charge is 0.468 e. The van der Waals surface area contributed by atoms with E-state index >= 15 is 4.39 Å². The van der Waals surface area contributed by atoms with E-state index in [9.17, 15) is 13.2 Å². The van der Waals surface area contributed by atoms with Gasteiger partial charge in [-0.2, -0.15) is 4.31 Å². The summed E-state index contributed by atoms with van der Waals surface area (Å²) in [5, 5.41) is 2.72. The maximum atomic E-state index is 15.2. The monoisotopic (exact) mass is 500 g/mol. The van der Waals surface area contributed by atoms with Crippen molar-refractivity contribution in [3.63, 3.8) is 0 Å². The molecule has 1 aromatic carbocycles.